The molecule has 0 amide bonds. The molecule has 17 heavy (non-hydrogen) atoms. The van der Waals surface area contributed by atoms with Crippen LogP contribution in [0, 0.1) is 11.7 Å². The zero-order valence-electron chi connectivity index (χ0n) is 10.3. The van der Waals surface area contributed by atoms with E-state index in [9.17, 15) is 9.50 Å². The highest BCUT2D eigenvalue weighted by Crippen LogP contribution is 2.26. The topological polar surface area (TPSA) is 23.5 Å². The molecule has 3 heteroatoms. The highest BCUT2D eigenvalue weighted by molar-refractivity contribution is 5.45. The molecule has 0 aliphatic heterocycles. The maximum absolute atomic E-state index is 13.1. The molecule has 0 spiro atoms. The average molecular weight is 237 g/mol. The molecule has 2 unspecified atom stereocenters. The third-order valence-corrected chi connectivity index (χ3v) is 3.63. The monoisotopic (exact) mass is 237 g/mol. The molecule has 2 atom stereocenters. The van der Waals surface area contributed by atoms with Gasteiger partial charge in [-0.15, -0.1) is 0 Å². The summed E-state index contributed by atoms with van der Waals surface area (Å²) in [6.07, 6.45) is 4.10. The smallest absolute Gasteiger partial charge is 0.125 e. The van der Waals surface area contributed by atoms with Crippen LogP contribution in [0.5, 0.6) is 0 Å². The fraction of sp³-hybridized carbons (Fsp3) is 0.571. The Labute approximate surface area is 102 Å². The first-order valence-electron chi connectivity index (χ1n) is 6.31. The van der Waals surface area contributed by atoms with Crippen LogP contribution in [0.25, 0.3) is 0 Å². The quantitative estimate of drug-likeness (QED) is 0.873. The third-order valence-electron chi connectivity index (χ3n) is 3.63. The largest absolute Gasteiger partial charge is 0.393 e. The van der Waals surface area contributed by atoms with Crippen molar-refractivity contribution in [1.82, 2.24) is 0 Å². The molecule has 1 aromatic carbocycles. The maximum atomic E-state index is 13.1. The van der Waals surface area contributed by atoms with Crippen LogP contribution in [0.2, 0.25) is 0 Å². The standard InChI is InChI=1S/C14H20FNO/c1-16(13-7-4-6-12(15)9-13)10-11-5-2-3-8-14(11)17/h4,6-7,9,11,14,17H,2-3,5,8,10H2,1H3. The summed E-state index contributed by atoms with van der Waals surface area (Å²) >= 11 is 0. The van der Waals surface area contributed by atoms with Gasteiger partial charge in [0.15, 0.2) is 0 Å². The lowest BCUT2D eigenvalue weighted by Gasteiger charge is -2.32. The first-order chi connectivity index (χ1) is 8.16. The van der Waals surface area contributed by atoms with E-state index in [-0.39, 0.29) is 11.9 Å². The van der Waals surface area contributed by atoms with Crippen LogP contribution in [0.4, 0.5) is 10.1 Å². The second-order valence-corrected chi connectivity index (χ2v) is 4.97. The lowest BCUT2D eigenvalue weighted by molar-refractivity contribution is 0.0736. The van der Waals surface area contributed by atoms with Crippen LogP contribution in [0.3, 0.4) is 0 Å². The Hall–Kier alpha value is -1.09. The van der Waals surface area contributed by atoms with E-state index >= 15 is 0 Å². The fourth-order valence-electron chi connectivity index (χ4n) is 2.57. The minimum Gasteiger partial charge on any atom is -0.393 e. The zero-order chi connectivity index (χ0) is 12.3. The Bertz CT molecular complexity index is 369. The van der Waals surface area contributed by atoms with Gasteiger partial charge in [0.2, 0.25) is 0 Å². The molecule has 1 N–H and O–H groups in total. The van der Waals surface area contributed by atoms with Crippen LogP contribution in [-0.4, -0.2) is 24.8 Å². The van der Waals surface area contributed by atoms with Crippen LogP contribution in [0.1, 0.15) is 25.7 Å². The SMILES string of the molecule is CN(CC1CCCCC1O)c1cccc(F)c1. The summed E-state index contributed by atoms with van der Waals surface area (Å²) in [5, 5.41) is 9.92. The molecule has 1 aromatic rings. The van der Waals surface area contributed by atoms with Crippen molar-refractivity contribution in [3.8, 4) is 0 Å². The summed E-state index contributed by atoms with van der Waals surface area (Å²) in [4.78, 5) is 2.03. The number of halogens is 1. The predicted molar refractivity (Wildman–Crippen MR) is 67.6 cm³/mol. The van der Waals surface area contributed by atoms with Gasteiger partial charge in [0.25, 0.3) is 0 Å². The number of aliphatic hydroxyl groups excluding tert-OH is 1. The van der Waals surface area contributed by atoms with Gasteiger partial charge in [-0.1, -0.05) is 18.9 Å². The van der Waals surface area contributed by atoms with Gasteiger partial charge < -0.3 is 10.0 Å². The molecule has 1 saturated carbocycles. The molecule has 2 rings (SSSR count). The van der Waals surface area contributed by atoms with E-state index in [4.69, 9.17) is 0 Å². The van der Waals surface area contributed by atoms with Crippen LogP contribution >= 0.6 is 0 Å². The van der Waals surface area contributed by atoms with E-state index in [0.29, 0.717) is 5.92 Å². The first kappa shape index (κ1) is 12.4. The molecule has 1 fully saturated rings. The molecule has 0 radical (unpaired) electrons. The lowest BCUT2D eigenvalue weighted by Crippen LogP contribution is -2.35. The molecule has 0 saturated heterocycles. The van der Waals surface area contributed by atoms with Gasteiger partial charge in [0.05, 0.1) is 6.10 Å². The van der Waals surface area contributed by atoms with Crippen molar-refractivity contribution in [1.29, 1.82) is 0 Å². The van der Waals surface area contributed by atoms with E-state index in [1.54, 1.807) is 6.07 Å². The normalized spacial score (nSPS) is 24.6. The van der Waals surface area contributed by atoms with Crippen molar-refractivity contribution in [2.24, 2.45) is 5.92 Å². The Morgan fingerprint density at radius 1 is 1.35 bits per heavy atom. The maximum Gasteiger partial charge on any atom is 0.125 e. The van der Waals surface area contributed by atoms with E-state index in [2.05, 4.69) is 0 Å². The van der Waals surface area contributed by atoms with Crippen molar-refractivity contribution in [3.05, 3.63) is 30.1 Å². The number of hydrogen-bond donors (Lipinski definition) is 1. The third kappa shape index (κ3) is 3.19. The summed E-state index contributed by atoms with van der Waals surface area (Å²) in [6.45, 7) is 0.796. The molecule has 1 aliphatic rings. The highest BCUT2D eigenvalue weighted by atomic mass is 19.1. The number of rotatable bonds is 3. The highest BCUT2D eigenvalue weighted by Gasteiger charge is 2.24. The Kier molecular flexibility index (Phi) is 4.00. The van der Waals surface area contributed by atoms with Crippen molar-refractivity contribution < 1.29 is 9.50 Å². The predicted octanol–water partition coefficient (Wildman–Crippen LogP) is 2.81. The van der Waals surface area contributed by atoms with Crippen molar-refractivity contribution >= 4 is 5.69 Å². The minimum absolute atomic E-state index is 0.195. The number of anilines is 1. The number of hydrogen-bond acceptors (Lipinski definition) is 2. The molecule has 0 bridgehead atoms. The van der Waals surface area contributed by atoms with Crippen LogP contribution in [0.15, 0.2) is 24.3 Å². The van der Waals surface area contributed by atoms with Gasteiger partial charge in [-0.05, 0) is 31.0 Å². The molecular weight excluding hydrogens is 217 g/mol. The van der Waals surface area contributed by atoms with Gasteiger partial charge in [0, 0.05) is 25.2 Å². The van der Waals surface area contributed by atoms with Crippen molar-refractivity contribution in [2.45, 2.75) is 31.8 Å². The summed E-state index contributed by atoms with van der Waals surface area (Å²) in [7, 11) is 1.95. The van der Waals surface area contributed by atoms with Gasteiger partial charge >= 0.3 is 0 Å². The molecule has 94 valence electrons. The first-order valence-corrected chi connectivity index (χ1v) is 6.31. The summed E-state index contributed by atoms with van der Waals surface area (Å²) in [5.41, 5.74) is 0.878. The average Bonchev–Trinajstić information content (AvgIpc) is 2.32. The summed E-state index contributed by atoms with van der Waals surface area (Å²) < 4.78 is 13.1. The van der Waals surface area contributed by atoms with Gasteiger partial charge in [-0.3, -0.25) is 0 Å². The van der Waals surface area contributed by atoms with Crippen molar-refractivity contribution in [3.63, 3.8) is 0 Å². The van der Waals surface area contributed by atoms with Crippen LogP contribution < -0.4 is 4.90 Å². The van der Waals surface area contributed by atoms with Gasteiger partial charge in [-0.2, -0.15) is 0 Å². The van der Waals surface area contributed by atoms with Gasteiger partial charge in [-0.25, -0.2) is 4.39 Å². The van der Waals surface area contributed by atoms with E-state index in [1.165, 1.54) is 18.6 Å². The second-order valence-electron chi connectivity index (χ2n) is 4.97. The van der Waals surface area contributed by atoms with Crippen molar-refractivity contribution in [2.75, 3.05) is 18.5 Å². The fourth-order valence-corrected chi connectivity index (χ4v) is 2.57. The Morgan fingerprint density at radius 2 is 2.12 bits per heavy atom. The van der Waals surface area contributed by atoms with Crippen LogP contribution in [-0.2, 0) is 0 Å². The van der Waals surface area contributed by atoms with E-state index in [1.807, 2.05) is 18.0 Å². The molecule has 0 aromatic heterocycles. The molecule has 0 heterocycles. The summed E-state index contributed by atoms with van der Waals surface area (Å²) in [5.74, 6) is 0.107. The number of benzene rings is 1. The van der Waals surface area contributed by atoms with E-state index < -0.39 is 0 Å². The summed E-state index contributed by atoms with van der Waals surface area (Å²) in [6, 6.07) is 6.61. The Morgan fingerprint density at radius 3 is 2.82 bits per heavy atom. The number of aliphatic hydroxyl groups is 1. The minimum atomic E-state index is -0.210. The Balaban J connectivity index is 1.98. The molecule has 1 aliphatic carbocycles. The van der Waals surface area contributed by atoms with Gasteiger partial charge in [0.1, 0.15) is 5.82 Å². The number of nitrogens with zero attached hydrogens (tertiary/aromatic N) is 1. The van der Waals surface area contributed by atoms with E-state index in [0.717, 1.165) is 31.5 Å². The molecular formula is C14H20FNO. The molecule has 2 nitrogen and oxygen atoms in total. The lowest BCUT2D eigenvalue weighted by atomic mass is 9.86. The second kappa shape index (κ2) is 5.50. The zero-order valence-corrected chi connectivity index (χ0v) is 10.3.